The summed E-state index contributed by atoms with van der Waals surface area (Å²) in [6.07, 6.45) is 0.216. The van der Waals surface area contributed by atoms with Crippen molar-refractivity contribution in [3.8, 4) is 0 Å². The molecule has 2 rings (SSSR count). The van der Waals surface area contributed by atoms with Gasteiger partial charge in [0.15, 0.2) is 0 Å². The van der Waals surface area contributed by atoms with Crippen molar-refractivity contribution in [2.24, 2.45) is 0 Å². The van der Waals surface area contributed by atoms with Crippen LogP contribution in [0.4, 0.5) is 11.4 Å². The monoisotopic (exact) mass is 351 g/mol. The third-order valence-electron chi connectivity index (χ3n) is 3.02. The average Bonchev–Trinajstić information content (AvgIpc) is 2.51. The van der Waals surface area contributed by atoms with Crippen molar-refractivity contribution >= 4 is 46.4 Å². The van der Waals surface area contributed by atoms with E-state index < -0.39 is 0 Å². The summed E-state index contributed by atoms with van der Waals surface area (Å²) in [6.45, 7) is -0.148. The highest BCUT2D eigenvalue weighted by Crippen LogP contribution is 2.30. The van der Waals surface area contributed by atoms with Gasteiger partial charge in [-0.25, -0.2) is 0 Å². The SMILES string of the molecule is Nc1c(Cl)cc(NC(=O)CNC(=O)Cc2ccccc2)cc1Cl. The fourth-order valence-corrected chi connectivity index (χ4v) is 2.37. The van der Waals surface area contributed by atoms with Gasteiger partial charge < -0.3 is 16.4 Å². The van der Waals surface area contributed by atoms with Crippen LogP contribution in [0, 0.1) is 0 Å². The highest BCUT2D eigenvalue weighted by atomic mass is 35.5. The Morgan fingerprint density at radius 3 is 2.22 bits per heavy atom. The molecule has 0 saturated heterocycles. The van der Waals surface area contributed by atoms with E-state index in [2.05, 4.69) is 10.6 Å². The zero-order valence-corrected chi connectivity index (χ0v) is 13.6. The molecule has 5 nitrogen and oxygen atoms in total. The van der Waals surface area contributed by atoms with Crippen molar-refractivity contribution in [1.29, 1.82) is 0 Å². The minimum absolute atomic E-state index is 0.148. The molecule has 7 heteroatoms. The van der Waals surface area contributed by atoms with Gasteiger partial charge >= 0.3 is 0 Å². The minimum atomic E-state index is -0.386. The molecule has 4 N–H and O–H groups in total. The molecular weight excluding hydrogens is 337 g/mol. The van der Waals surface area contributed by atoms with Crippen LogP contribution in [0.3, 0.4) is 0 Å². The number of hydrogen-bond acceptors (Lipinski definition) is 3. The minimum Gasteiger partial charge on any atom is -0.396 e. The molecule has 2 aromatic rings. The second-order valence-corrected chi connectivity index (χ2v) is 5.66. The third kappa shape index (κ3) is 5.16. The molecular formula is C16H15Cl2N3O2. The van der Waals surface area contributed by atoms with Gasteiger partial charge in [-0.3, -0.25) is 9.59 Å². The summed E-state index contributed by atoms with van der Waals surface area (Å²) in [5.41, 5.74) is 7.16. The van der Waals surface area contributed by atoms with Crippen LogP contribution in [0.5, 0.6) is 0 Å². The Balaban J connectivity index is 1.84. The van der Waals surface area contributed by atoms with E-state index in [0.29, 0.717) is 5.69 Å². The maximum Gasteiger partial charge on any atom is 0.243 e. The van der Waals surface area contributed by atoms with Crippen molar-refractivity contribution in [3.63, 3.8) is 0 Å². The first kappa shape index (κ1) is 17.1. The number of hydrogen-bond donors (Lipinski definition) is 3. The summed E-state index contributed by atoms with van der Waals surface area (Å²) < 4.78 is 0. The Morgan fingerprint density at radius 2 is 1.61 bits per heavy atom. The number of nitrogen functional groups attached to an aromatic ring is 1. The van der Waals surface area contributed by atoms with E-state index in [1.54, 1.807) is 0 Å². The van der Waals surface area contributed by atoms with Gasteiger partial charge in [0.1, 0.15) is 0 Å². The number of benzene rings is 2. The standard InChI is InChI=1S/C16H15Cl2N3O2/c17-12-7-11(8-13(18)16(12)19)21-15(23)9-20-14(22)6-10-4-2-1-3-5-10/h1-5,7-8H,6,9,19H2,(H,20,22)(H,21,23). The quantitative estimate of drug-likeness (QED) is 0.724. The van der Waals surface area contributed by atoms with E-state index in [4.69, 9.17) is 28.9 Å². The van der Waals surface area contributed by atoms with Crippen LogP contribution in [0.15, 0.2) is 42.5 Å². The van der Waals surface area contributed by atoms with Gasteiger partial charge in [0.25, 0.3) is 0 Å². The summed E-state index contributed by atoms with van der Waals surface area (Å²) in [5, 5.41) is 5.64. The topological polar surface area (TPSA) is 84.2 Å². The van der Waals surface area contributed by atoms with Gasteiger partial charge in [0, 0.05) is 5.69 Å². The number of rotatable bonds is 5. The van der Waals surface area contributed by atoms with Gasteiger partial charge in [-0.1, -0.05) is 53.5 Å². The molecule has 0 fully saturated rings. The molecule has 0 bridgehead atoms. The van der Waals surface area contributed by atoms with E-state index in [1.807, 2.05) is 30.3 Å². The number of amides is 2. The summed E-state index contributed by atoms with van der Waals surface area (Å²) in [4.78, 5) is 23.6. The van der Waals surface area contributed by atoms with Crippen LogP contribution in [0.25, 0.3) is 0 Å². The summed E-state index contributed by atoms with van der Waals surface area (Å²) in [7, 11) is 0. The van der Waals surface area contributed by atoms with Gasteiger partial charge in [-0.05, 0) is 17.7 Å². The second kappa shape index (κ2) is 7.85. The molecule has 0 spiro atoms. The lowest BCUT2D eigenvalue weighted by Gasteiger charge is -2.09. The lowest BCUT2D eigenvalue weighted by Crippen LogP contribution is -2.33. The van der Waals surface area contributed by atoms with Crippen LogP contribution in [0.2, 0.25) is 10.0 Å². The largest absolute Gasteiger partial charge is 0.396 e. The normalized spacial score (nSPS) is 10.2. The van der Waals surface area contributed by atoms with Crippen molar-refractivity contribution in [2.75, 3.05) is 17.6 Å². The molecule has 0 aliphatic rings. The lowest BCUT2D eigenvalue weighted by atomic mass is 10.1. The van der Waals surface area contributed by atoms with E-state index in [9.17, 15) is 9.59 Å². The number of halogens is 2. The summed E-state index contributed by atoms with van der Waals surface area (Å²) in [5.74, 6) is -0.622. The summed E-state index contributed by atoms with van der Waals surface area (Å²) >= 11 is 11.8. The zero-order valence-electron chi connectivity index (χ0n) is 12.1. The first-order chi connectivity index (χ1) is 11.0. The van der Waals surface area contributed by atoms with E-state index in [-0.39, 0.29) is 40.5 Å². The van der Waals surface area contributed by atoms with Gasteiger partial charge in [-0.15, -0.1) is 0 Å². The predicted molar refractivity (Wildman–Crippen MR) is 92.7 cm³/mol. The highest BCUT2D eigenvalue weighted by Gasteiger charge is 2.09. The van der Waals surface area contributed by atoms with Crippen molar-refractivity contribution in [1.82, 2.24) is 5.32 Å². The van der Waals surface area contributed by atoms with Crippen molar-refractivity contribution < 1.29 is 9.59 Å². The molecule has 120 valence electrons. The van der Waals surface area contributed by atoms with Crippen molar-refractivity contribution in [3.05, 3.63) is 58.1 Å². The second-order valence-electron chi connectivity index (χ2n) is 4.84. The Hall–Kier alpha value is -2.24. The summed E-state index contributed by atoms with van der Waals surface area (Å²) in [6, 6.07) is 12.3. The number of carbonyl (C=O) groups excluding carboxylic acids is 2. The fourth-order valence-electron chi connectivity index (χ4n) is 1.88. The van der Waals surface area contributed by atoms with Gasteiger partial charge in [0.2, 0.25) is 11.8 Å². The highest BCUT2D eigenvalue weighted by molar-refractivity contribution is 6.39. The van der Waals surface area contributed by atoms with Gasteiger partial charge in [-0.2, -0.15) is 0 Å². The zero-order chi connectivity index (χ0) is 16.8. The molecule has 0 unspecified atom stereocenters. The molecule has 0 aliphatic heterocycles. The van der Waals surface area contributed by atoms with Crippen LogP contribution in [0.1, 0.15) is 5.56 Å². The van der Waals surface area contributed by atoms with E-state index in [0.717, 1.165) is 5.56 Å². The molecule has 0 atom stereocenters. The molecule has 0 aromatic heterocycles. The van der Waals surface area contributed by atoms with E-state index in [1.165, 1.54) is 12.1 Å². The van der Waals surface area contributed by atoms with Crippen molar-refractivity contribution in [2.45, 2.75) is 6.42 Å². The Labute approximate surface area is 143 Å². The average molecular weight is 352 g/mol. The smallest absolute Gasteiger partial charge is 0.243 e. The number of nitrogens with one attached hydrogen (secondary N) is 2. The molecule has 0 saturated carbocycles. The maximum absolute atomic E-state index is 11.8. The van der Waals surface area contributed by atoms with Crippen LogP contribution < -0.4 is 16.4 Å². The van der Waals surface area contributed by atoms with Crippen LogP contribution >= 0.6 is 23.2 Å². The number of nitrogens with two attached hydrogens (primary N) is 1. The third-order valence-corrected chi connectivity index (χ3v) is 3.64. The first-order valence-electron chi connectivity index (χ1n) is 6.80. The number of carbonyl (C=O) groups is 2. The number of anilines is 2. The van der Waals surface area contributed by atoms with Crippen LogP contribution in [-0.2, 0) is 16.0 Å². The van der Waals surface area contributed by atoms with Gasteiger partial charge in [0.05, 0.1) is 28.7 Å². The molecule has 23 heavy (non-hydrogen) atoms. The predicted octanol–water partition coefficient (Wildman–Crippen LogP) is 2.87. The lowest BCUT2D eigenvalue weighted by molar-refractivity contribution is -0.123. The first-order valence-corrected chi connectivity index (χ1v) is 7.56. The Morgan fingerprint density at radius 1 is 1.00 bits per heavy atom. The molecule has 2 aromatic carbocycles. The molecule has 2 amide bonds. The maximum atomic E-state index is 11.8. The fraction of sp³-hybridized carbons (Fsp3) is 0.125. The molecule has 0 radical (unpaired) electrons. The Bertz CT molecular complexity index is 698. The molecule has 0 heterocycles. The van der Waals surface area contributed by atoms with E-state index >= 15 is 0 Å². The van der Waals surface area contributed by atoms with Crippen LogP contribution in [-0.4, -0.2) is 18.4 Å². The Kier molecular flexibility index (Phi) is 5.84. The molecule has 0 aliphatic carbocycles.